The Hall–Kier alpha value is -1.35. The van der Waals surface area contributed by atoms with Crippen molar-refractivity contribution in [1.82, 2.24) is 5.32 Å². The van der Waals surface area contributed by atoms with Crippen molar-refractivity contribution in [3.63, 3.8) is 0 Å². The molecule has 2 aromatic rings. The van der Waals surface area contributed by atoms with Gasteiger partial charge in [-0.1, -0.05) is 25.5 Å². The number of hydrogen-bond donors (Lipinski definition) is 1. The Morgan fingerprint density at radius 2 is 2.17 bits per heavy atom. The summed E-state index contributed by atoms with van der Waals surface area (Å²) in [6.45, 7) is 2.18. The average Bonchev–Trinajstić information content (AvgIpc) is 2.79. The molecule has 1 aromatic carbocycles. The van der Waals surface area contributed by atoms with E-state index in [0.29, 0.717) is 11.6 Å². The van der Waals surface area contributed by atoms with Crippen molar-refractivity contribution in [2.75, 3.05) is 7.05 Å². The first-order valence-corrected chi connectivity index (χ1v) is 6.58. The maximum Gasteiger partial charge on any atom is 0.169 e. The summed E-state index contributed by atoms with van der Waals surface area (Å²) >= 11 is 0. The third kappa shape index (κ3) is 2.91. The third-order valence-electron chi connectivity index (χ3n) is 3.33. The fraction of sp³-hybridized carbons (Fsp3) is 0.467. The van der Waals surface area contributed by atoms with Gasteiger partial charge in [-0.15, -0.1) is 0 Å². The molecule has 2 nitrogen and oxygen atoms in total. The highest BCUT2D eigenvalue weighted by Gasteiger charge is 2.10. The second-order valence-corrected chi connectivity index (χ2v) is 4.68. The molecule has 0 aliphatic rings. The number of nitrogens with one attached hydrogen (secondary N) is 1. The molecule has 98 valence electrons. The lowest BCUT2D eigenvalue weighted by Crippen LogP contribution is -2.25. The summed E-state index contributed by atoms with van der Waals surface area (Å²) in [6, 6.07) is 7.48. The minimum atomic E-state index is -0.280. The van der Waals surface area contributed by atoms with Crippen molar-refractivity contribution in [2.45, 2.75) is 38.6 Å². The van der Waals surface area contributed by atoms with Gasteiger partial charge in [0.1, 0.15) is 5.76 Å². The first kappa shape index (κ1) is 13.1. The van der Waals surface area contributed by atoms with E-state index in [9.17, 15) is 4.39 Å². The van der Waals surface area contributed by atoms with E-state index < -0.39 is 0 Å². The van der Waals surface area contributed by atoms with E-state index in [0.717, 1.165) is 30.4 Å². The zero-order valence-corrected chi connectivity index (χ0v) is 11.0. The number of hydrogen-bond acceptors (Lipinski definition) is 2. The number of halogens is 1. The Morgan fingerprint density at radius 3 is 2.83 bits per heavy atom. The van der Waals surface area contributed by atoms with Crippen LogP contribution in [0.15, 0.2) is 28.7 Å². The van der Waals surface area contributed by atoms with Crippen LogP contribution in [0.1, 0.15) is 31.9 Å². The van der Waals surface area contributed by atoms with Crippen molar-refractivity contribution in [3.8, 4) is 0 Å². The van der Waals surface area contributed by atoms with Gasteiger partial charge in [0.25, 0.3) is 0 Å². The van der Waals surface area contributed by atoms with Gasteiger partial charge in [0.2, 0.25) is 0 Å². The van der Waals surface area contributed by atoms with Gasteiger partial charge in [-0.3, -0.25) is 0 Å². The standard InChI is InChI=1S/C15H20FNO/c1-3-5-12(17-2)8-9-13-10-11-6-4-7-14(16)15(11)18-13/h4,6-7,10,12,17H,3,5,8-9H2,1-2H3. The number of rotatable bonds is 6. The molecule has 0 fully saturated rings. The normalized spacial score (nSPS) is 13.1. The van der Waals surface area contributed by atoms with Crippen LogP contribution in [-0.4, -0.2) is 13.1 Å². The highest BCUT2D eigenvalue weighted by molar-refractivity contribution is 5.78. The van der Waals surface area contributed by atoms with Crippen molar-refractivity contribution in [1.29, 1.82) is 0 Å². The van der Waals surface area contributed by atoms with Crippen LogP contribution in [-0.2, 0) is 6.42 Å². The molecule has 3 heteroatoms. The molecule has 18 heavy (non-hydrogen) atoms. The minimum absolute atomic E-state index is 0.280. The second-order valence-electron chi connectivity index (χ2n) is 4.68. The molecule has 1 unspecified atom stereocenters. The third-order valence-corrected chi connectivity index (χ3v) is 3.33. The summed E-state index contributed by atoms with van der Waals surface area (Å²) < 4.78 is 19.0. The van der Waals surface area contributed by atoms with Crippen LogP contribution in [0.4, 0.5) is 4.39 Å². The topological polar surface area (TPSA) is 25.2 Å². The summed E-state index contributed by atoms with van der Waals surface area (Å²) in [5.74, 6) is 0.587. The molecule has 0 radical (unpaired) electrons. The van der Waals surface area contributed by atoms with Gasteiger partial charge >= 0.3 is 0 Å². The van der Waals surface area contributed by atoms with Crippen molar-refractivity contribution in [3.05, 3.63) is 35.8 Å². The Kier molecular flexibility index (Phi) is 4.37. The fourth-order valence-corrected chi connectivity index (χ4v) is 2.30. The Labute approximate surface area is 107 Å². The van der Waals surface area contributed by atoms with Gasteiger partial charge in [0.15, 0.2) is 11.4 Å². The molecule has 0 amide bonds. The molecular weight excluding hydrogens is 229 g/mol. The largest absolute Gasteiger partial charge is 0.458 e. The molecule has 0 bridgehead atoms. The first-order valence-electron chi connectivity index (χ1n) is 6.58. The van der Waals surface area contributed by atoms with Gasteiger partial charge in [-0.2, -0.15) is 0 Å². The Morgan fingerprint density at radius 1 is 1.33 bits per heavy atom. The van der Waals surface area contributed by atoms with E-state index >= 15 is 0 Å². The summed E-state index contributed by atoms with van der Waals surface area (Å²) in [6.07, 6.45) is 4.19. The van der Waals surface area contributed by atoms with E-state index in [2.05, 4.69) is 12.2 Å². The lowest BCUT2D eigenvalue weighted by molar-refractivity contribution is 0.450. The molecule has 1 atom stereocenters. The van der Waals surface area contributed by atoms with Crippen molar-refractivity contribution < 1.29 is 8.81 Å². The number of fused-ring (bicyclic) bond motifs is 1. The van der Waals surface area contributed by atoms with Gasteiger partial charge in [0.05, 0.1) is 0 Å². The van der Waals surface area contributed by atoms with E-state index in [4.69, 9.17) is 4.42 Å². The highest BCUT2D eigenvalue weighted by Crippen LogP contribution is 2.23. The van der Waals surface area contributed by atoms with Gasteiger partial charge in [-0.05, 0) is 32.0 Å². The molecule has 2 rings (SSSR count). The lowest BCUT2D eigenvalue weighted by atomic mass is 10.1. The number of aryl methyl sites for hydroxylation is 1. The van der Waals surface area contributed by atoms with E-state index in [1.54, 1.807) is 6.07 Å². The fourth-order valence-electron chi connectivity index (χ4n) is 2.30. The molecule has 1 heterocycles. The molecule has 0 saturated heterocycles. The average molecular weight is 249 g/mol. The molecule has 1 aromatic heterocycles. The van der Waals surface area contributed by atoms with Crippen LogP contribution in [0, 0.1) is 5.82 Å². The molecule has 0 aliphatic heterocycles. The predicted molar refractivity (Wildman–Crippen MR) is 72.2 cm³/mol. The summed E-state index contributed by atoms with van der Waals surface area (Å²) in [7, 11) is 1.98. The molecular formula is C15H20FNO. The van der Waals surface area contributed by atoms with Crippen LogP contribution in [0.25, 0.3) is 11.0 Å². The Bertz CT molecular complexity index is 506. The maximum atomic E-state index is 13.5. The summed E-state index contributed by atoms with van der Waals surface area (Å²) in [4.78, 5) is 0. The highest BCUT2D eigenvalue weighted by atomic mass is 19.1. The van der Waals surface area contributed by atoms with E-state index in [1.807, 2.05) is 19.2 Å². The summed E-state index contributed by atoms with van der Waals surface area (Å²) in [5.41, 5.74) is 0.379. The van der Waals surface area contributed by atoms with Crippen molar-refractivity contribution in [2.24, 2.45) is 0 Å². The zero-order chi connectivity index (χ0) is 13.0. The van der Waals surface area contributed by atoms with E-state index in [1.165, 1.54) is 12.5 Å². The van der Waals surface area contributed by atoms with Crippen LogP contribution < -0.4 is 5.32 Å². The Balaban J connectivity index is 2.06. The van der Waals surface area contributed by atoms with Crippen molar-refractivity contribution >= 4 is 11.0 Å². The van der Waals surface area contributed by atoms with Gasteiger partial charge < -0.3 is 9.73 Å². The molecule has 0 spiro atoms. The lowest BCUT2D eigenvalue weighted by Gasteiger charge is -2.13. The molecule has 0 aliphatic carbocycles. The van der Waals surface area contributed by atoms with Crippen LogP contribution >= 0.6 is 0 Å². The number of furan rings is 1. The van der Waals surface area contributed by atoms with Crippen LogP contribution in [0.2, 0.25) is 0 Å². The first-order chi connectivity index (χ1) is 8.74. The monoisotopic (exact) mass is 249 g/mol. The minimum Gasteiger partial charge on any atom is -0.458 e. The number of benzene rings is 1. The van der Waals surface area contributed by atoms with Crippen LogP contribution in [0.5, 0.6) is 0 Å². The van der Waals surface area contributed by atoms with Gasteiger partial charge in [-0.25, -0.2) is 4.39 Å². The second kappa shape index (κ2) is 6.01. The van der Waals surface area contributed by atoms with E-state index in [-0.39, 0.29) is 5.82 Å². The number of para-hydroxylation sites is 1. The smallest absolute Gasteiger partial charge is 0.169 e. The zero-order valence-electron chi connectivity index (χ0n) is 11.0. The maximum absolute atomic E-state index is 13.5. The molecule has 1 N–H and O–H groups in total. The van der Waals surface area contributed by atoms with Crippen LogP contribution in [0.3, 0.4) is 0 Å². The molecule has 0 saturated carbocycles. The SMILES string of the molecule is CCCC(CCc1cc2cccc(F)c2o1)NC. The quantitative estimate of drug-likeness (QED) is 0.840. The van der Waals surface area contributed by atoms with Gasteiger partial charge in [0, 0.05) is 17.8 Å². The summed E-state index contributed by atoms with van der Waals surface area (Å²) in [5, 5.41) is 4.15. The predicted octanol–water partition coefficient (Wildman–Crippen LogP) is 3.89.